The molecule has 1 N–H and O–H groups in total. The molecule has 0 unspecified atom stereocenters. The van der Waals surface area contributed by atoms with E-state index in [1.165, 1.54) is 6.07 Å². The summed E-state index contributed by atoms with van der Waals surface area (Å²) in [5, 5.41) is 21.4. The Kier molecular flexibility index (Phi) is 4.18. The lowest BCUT2D eigenvalue weighted by atomic mass is 10.0. The zero-order valence-corrected chi connectivity index (χ0v) is 11.6. The van der Waals surface area contributed by atoms with Gasteiger partial charge >= 0.3 is 5.69 Å². The second-order valence-electron chi connectivity index (χ2n) is 4.71. The fourth-order valence-corrected chi connectivity index (χ4v) is 2.48. The van der Waals surface area contributed by atoms with Gasteiger partial charge in [-0.25, -0.2) is 0 Å². The Morgan fingerprint density at radius 2 is 1.89 bits per heavy atom. The predicted molar refractivity (Wildman–Crippen MR) is 72.0 cm³/mol. The molecule has 0 amide bonds. The van der Waals surface area contributed by atoms with E-state index in [0.29, 0.717) is 12.8 Å². The van der Waals surface area contributed by atoms with Gasteiger partial charge in [0, 0.05) is 12.1 Å². The first-order valence-corrected chi connectivity index (χ1v) is 6.65. The van der Waals surface area contributed by atoms with Crippen LogP contribution in [-0.4, -0.2) is 22.2 Å². The summed E-state index contributed by atoms with van der Waals surface area (Å²) in [6, 6.07) is 2.46. The summed E-state index contributed by atoms with van der Waals surface area (Å²) in [4.78, 5) is 10.3. The maximum absolute atomic E-state index is 10.9. The molecule has 104 valence electrons. The normalized spacial score (nSPS) is 17.4. The SMILES string of the molecule is O=[N+]([O-])c1cc(Cl)c(Cl)cc1OCC1(O)CCCC1. The average Bonchev–Trinajstić information content (AvgIpc) is 2.77. The van der Waals surface area contributed by atoms with Gasteiger partial charge < -0.3 is 9.84 Å². The van der Waals surface area contributed by atoms with Crippen LogP contribution in [0.15, 0.2) is 12.1 Å². The molecule has 0 aliphatic heterocycles. The predicted octanol–water partition coefficient (Wildman–Crippen LogP) is 3.59. The molecule has 1 aromatic carbocycles. The molecular formula is C12H13Cl2NO4. The highest BCUT2D eigenvalue weighted by molar-refractivity contribution is 6.42. The summed E-state index contributed by atoms with van der Waals surface area (Å²) in [5.74, 6) is 0.0275. The van der Waals surface area contributed by atoms with Crippen LogP contribution in [0.5, 0.6) is 5.75 Å². The number of nitrogens with zero attached hydrogens (tertiary/aromatic N) is 1. The fraction of sp³-hybridized carbons (Fsp3) is 0.500. The number of aliphatic hydroxyl groups is 1. The third kappa shape index (κ3) is 3.29. The van der Waals surface area contributed by atoms with Crippen molar-refractivity contribution in [3.8, 4) is 5.75 Å². The topological polar surface area (TPSA) is 72.6 Å². The molecule has 0 spiro atoms. The summed E-state index contributed by atoms with van der Waals surface area (Å²) < 4.78 is 5.39. The van der Waals surface area contributed by atoms with Crippen LogP contribution in [0.25, 0.3) is 0 Å². The highest BCUT2D eigenvalue weighted by Crippen LogP contribution is 2.37. The van der Waals surface area contributed by atoms with Crippen LogP contribution in [0.4, 0.5) is 5.69 Å². The van der Waals surface area contributed by atoms with Gasteiger partial charge in [0.25, 0.3) is 0 Å². The number of ether oxygens (including phenoxy) is 1. The molecule has 0 heterocycles. The molecule has 2 rings (SSSR count). The molecule has 7 heteroatoms. The largest absolute Gasteiger partial charge is 0.484 e. The molecule has 1 aliphatic rings. The molecule has 0 radical (unpaired) electrons. The van der Waals surface area contributed by atoms with Crippen molar-refractivity contribution in [2.75, 3.05) is 6.61 Å². The van der Waals surface area contributed by atoms with E-state index >= 15 is 0 Å². The molecule has 0 bridgehead atoms. The van der Waals surface area contributed by atoms with Crippen molar-refractivity contribution in [2.24, 2.45) is 0 Å². The van der Waals surface area contributed by atoms with Gasteiger partial charge in [-0.05, 0) is 12.8 Å². The van der Waals surface area contributed by atoms with Crippen LogP contribution >= 0.6 is 23.2 Å². The second kappa shape index (κ2) is 5.53. The maximum atomic E-state index is 10.9. The molecule has 0 saturated heterocycles. The Bertz CT molecular complexity index is 501. The van der Waals surface area contributed by atoms with Gasteiger partial charge in [0.1, 0.15) is 6.61 Å². The molecular weight excluding hydrogens is 293 g/mol. The van der Waals surface area contributed by atoms with Crippen molar-refractivity contribution in [2.45, 2.75) is 31.3 Å². The first-order chi connectivity index (χ1) is 8.91. The van der Waals surface area contributed by atoms with Crippen LogP contribution in [0, 0.1) is 10.1 Å². The molecule has 19 heavy (non-hydrogen) atoms. The monoisotopic (exact) mass is 305 g/mol. The Morgan fingerprint density at radius 1 is 1.32 bits per heavy atom. The minimum atomic E-state index is -0.903. The number of hydrogen-bond donors (Lipinski definition) is 1. The van der Waals surface area contributed by atoms with E-state index in [-0.39, 0.29) is 28.1 Å². The number of hydrogen-bond acceptors (Lipinski definition) is 4. The number of halogens is 2. The Labute approximate surface area is 120 Å². The van der Waals surface area contributed by atoms with Crippen molar-refractivity contribution in [3.63, 3.8) is 0 Å². The van der Waals surface area contributed by atoms with Crippen molar-refractivity contribution >= 4 is 28.9 Å². The summed E-state index contributed by atoms with van der Waals surface area (Å²) in [6.45, 7) is 0.0196. The Balaban J connectivity index is 2.19. The van der Waals surface area contributed by atoms with Gasteiger partial charge in [-0.1, -0.05) is 36.0 Å². The van der Waals surface area contributed by atoms with E-state index in [2.05, 4.69) is 0 Å². The van der Waals surface area contributed by atoms with Crippen LogP contribution < -0.4 is 4.74 Å². The van der Waals surface area contributed by atoms with Crippen molar-refractivity contribution < 1.29 is 14.8 Å². The molecule has 0 aromatic heterocycles. The number of nitro benzene ring substituents is 1. The third-order valence-corrected chi connectivity index (χ3v) is 3.95. The van der Waals surface area contributed by atoms with Gasteiger partial charge in [-0.15, -0.1) is 0 Å². The first kappa shape index (κ1) is 14.4. The highest BCUT2D eigenvalue weighted by Gasteiger charge is 2.33. The first-order valence-electron chi connectivity index (χ1n) is 5.90. The van der Waals surface area contributed by atoms with E-state index in [0.717, 1.165) is 18.9 Å². The average molecular weight is 306 g/mol. The number of benzene rings is 1. The lowest BCUT2D eigenvalue weighted by molar-refractivity contribution is -0.386. The zero-order valence-electron chi connectivity index (χ0n) is 10.1. The molecule has 0 atom stereocenters. The summed E-state index contributed by atoms with van der Waals surface area (Å²) in [7, 11) is 0. The van der Waals surface area contributed by atoms with Gasteiger partial charge in [-0.2, -0.15) is 0 Å². The maximum Gasteiger partial charge on any atom is 0.312 e. The zero-order chi connectivity index (χ0) is 14.0. The summed E-state index contributed by atoms with van der Waals surface area (Å²) in [5.41, 5.74) is -1.16. The van der Waals surface area contributed by atoms with Gasteiger partial charge in [-0.3, -0.25) is 10.1 Å². The summed E-state index contributed by atoms with van der Waals surface area (Å²) >= 11 is 11.6. The van der Waals surface area contributed by atoms with Crippen LogP contribution in [-0.2, 0) is 0 Å². The minimum Gasteiger partial charge on any atom is -0.484 e. The smallest absolute Gasteiger partial charge is 0.312 e. The van der Waals surface area contributed by atoms with Gasteiger partial charge in [0.05, 0.1) is 20.6 Å². The van der Waals surface area contributed by atoms with Crippen LogP contribution in [0.3, 0.4) is 0 Å². The summed E-state index contributed by atoms with van der Waals surface area (Å²) in [6.07, 6.45) is 3.15. The minimum absolute atomic E-state index is 0.0196. The van der Waals surface area contributed by atoms with E-state index in [1.54, 1.807) is 0 Å². The van der Waals surface area contributed by atoms with Crippen LogP contribution in [0.2, 0.25) is 10.0 Å². The number of rotatable bonds is 4. The van der Waals surface area contributed by atoms with Gasteiger partial charge in [0.2, 0.25) is 0 Å². The Morgan fingerprint density at radius 3 is 2.47 bits per heavy atom. The fourth-order valence-electron chi connectivity index (χ4n) is 2.17. The van der Waals surface area contributed by atoms with Crippen LogP contribution in [0.1, 0.15) is 25.7 Å². The van der Waals surface area contributed by atoms with Crippen molar-refractivity contribution in [3.05, 3.63) is 32.3 Å². The molecule has 1 fully saturated rings. The second-order valence-corrected chi connectivity index (χ2v) is 5.53. The standard InChI is InChI=1S/C12H13Cl2NO4/c13-8-5-10(15(17)18)11(6-9(8)14)19-7-12(16)3-1-2-4-12/h5-6,16H,1-4,7H2. The van der Waals surface area contributed by atoms with E-state index in [9.17, 15) is 15.2 Å². The molecule has 1 saturated carbocycles. The molecule has 5 nitrogen and oxygen atoms in total. The lowest BCUT2D eigenvalue weighted by Gasteiger charge is -2.22. The Hall–Kier alpha value is -1.04. The number of nitro groups is 1. The lowest BCUT2D eigenvalue weighted by Crippen LogP contribution is -2.32. The van der Waals surface area contributed by atoms with E-state index in [1.807, 2.05) is 0 Å². The van der Waals surface area contributed by atoms with Crippen molar-refractivity contribution in [1.82, 2.24) is 0 Å². The quantitative estimate of drug-likeness (QED) is 0.681. The highest BCUT2D eigenvalue weighted by atomic mass is 35.5. The van der Waals surface area contributed by atoms with Crippen molar-refractivity contribution in [1.29, 1.82) is 0 Å². The van der Waals surface area contributed by atoms with E-state index in [4.69, 9.17) is 27.9 Å². The molecule has 1 aromatic rings. The van der Waals surface area contributed by atoms with E-state index < -0.39 is 10.5 Å². The van der Waals surface area contributed by atoms with Gasteiger partial charge in [0.15, 0.2) is 5.75 Å². The molecule has 1 aliphatic carbocycles. The third-order valence-electron chi connectivity index (χ3n) is 3.23.